The van der Waals surface area contributed by atoms with Crippen LogP contribution in [-0.2, 0) is 9.59 Å². The minimum absolute atomic E-state index is 0. The molecule has 2 atom stereocenters. The van der Waals surface area contributed by atoms with Crippen LogP contribution in [0.15, 0.2) is 0 Å². The topological polar surface area (TPSA) is 86.7 Å². The largest absolute Gasteiger partial charge is 2.00 e. The molecule has 0 bridgehead atoms. The summed E-state index contributed by atoms with van der Waals surface area (Å²) in [5, 5.41) is 23.0. The quantitative estimate of drug-likeness (QED) is 0.0445. The Labute approximate surface area is 514 Å². The van der Waals surface area contributed by atoms with E-state index < -0.39 is 24.0 Å². The first-order valence-corrected chi connectivity index (χ1v) is 35.2. The van der Waals surface area contributed by atoms with Crippen LogP contribution in [0, 0.1) is 0 Å². The number of unbranched alkanes of at least 4 members (excludes halogenated alkanes) is 52. The van der Waals surface area contributed by atoms with Crippen molar-refractivity contribution in [3.8, 4) is 0 Å². The number of nitrogens with zero attached hydrogens (tertiary/aromatic N) is 2. The van der Waals surface area contributed by atoms with Crippen LogP contribution >= 0.6 is 0 Å². The fraction of sp³-hybridized carbons (Fsp3) is 0.971. The number of carboxylic acids is 2. The van der Waals surface area contributed by atoms with Gasteiger partial charge < -0.3 is 19.8 Å². The molecule has 0 aliphatic heterocycles. The average molecular weight is 1110 g/mol. The van der Waals surface area contributed by atoms with Gasteiger partial charge in [-0.2, -0.15) is 0 Å². The molecular formula is C70H140CaN2O4. The van der Waals surface area contributed by atoms with Crippen LogP contribution in [0.25, 0.3) is 0 Å². The van der Waals surface area contributed by atoms with Gasteiger partial charge in [-0.15, -0.1) is 0 Å². The smallest absolute Gasteiger partial charge is 0.548 e. The van der Waals surface area contributed by atoms with Crippen LogP contribution in [0.2, 0.25) is 0 Å². The molecule has 2 unspecified atom stereocenters. The molecule has 0 aliphatic rings. The first-order chi connectivity index (χ1) is 37.3. The van der Waals surface area contributed by atoms with E-state index in [1.165, 1.54) is 334 Å². The van der Waals surface area contributed by atoms with Gasteiger partial charge >= 0.3 is 37.7 Å². The minimum Gasteiger partial charge on any atom is -0.548 e. The Morgan fingerprint density at radius 2 is 0.338 bits per heavy atom. The molecule has 0 radical (unpaired) electrons. The Balaban J connectivity index is -0.00000140. The summed E-state index contributed by atoms with van der Waals surface area (Å²) in [5.74, 6) is -1.83. The molecule has 7 heteroatoms. The van der Waals surface area contributed by atoms with Crippen molar-refractivity contribution in [2.24, 2.45) is 0 Å². The normalized spacial score (nSPS) is 12.3. The second-order valence-electron chi connectivity index (χ2n) is 24.4. The molecule has 0 fully saturated rings. The first-order valence-electron chi connectivity index (χ1n) is 35.2. The SMILES string of the molecule is CCCCCCCCCCCCCCCCN(CCCCCCCCCCCCCCCC)C(C)C(=O)[O-].CCCCCCCCCCCCCCCCN(CCCCCCCCCCCCCCCC)C(C)C(=O)[O-].[Ca+2]. The summed E-state index contributed by atoms with van der Waals surface area (Å²) < 4.78 is 0. The predicted octanol–water partition coefficient (Wildman–Crippen LogP) is 20.4. The van der Waals surface area contributed by atoms with Gasteiger partial charge in [0, 0.05) is 12.1 Å². The Bertz CT molecular complexity index is 961. The molecule has 0 rings (SSSR count). The average Bonchev–Trinajstić information content (AvgIpc) is 3.41. The summed E-state index contributed by atoms with van der Waals surface area (Å²) in [6.45, 7) is 16.4. The molecule has 0 aliphatic carbocycles. The van der Waals surface area contributed by atoms with Gasteiger partial charge in [-0.3, -0.25) is 9.80 Å². The number of carbonyl (C=O) groups is 2. The van der Waals surface area contributed by atoms with Crippen molar-refractivity contribution in [1.29, 1.82) is 0 Å². The maximum Gasteiger partial charge on any atom is 2.00 e. The molecule has 0 amide bonds. The summed E-state index contributed by atoms with van der Waals surface area (Å²) in [6, 6.07) is -0.919. The fourth-order valence-electron chi connectivity index (χ4n) is 11.3. The van der Waals surface area contributed by atoms with Crippen molar-refractivity contribution >= 4 is 49.7 Å². The Hall–Kier alpha value is 0.120. The van der Waals surface area contributed by atoms with E-state index in [2.05, 4.69) is 37.5 Å². The van der Waals surface area contributed by atoms with Crippen LogP contribution in [-0.4, -0.2) is 97.7 Å². The van der Waals surface area contributed by atoms with Gasteiger partial charge in [-0.25, -0.2) is 0 Å². The minimum atomic E-state index is -0.916. The predicted molar refractivity (Wildman–Crippen MR) is 339 cm³/mol. The van der Waals surface area contributed by atoms with Crippen molar-refractivity contribution in [2.45, 2.75) is 413 Å². The second-order valence-corrected chi connectivity index (χ2v) is 24.4. The van der Waals surface area contributed by atoms with Gasteiger partial charge in [0.1, 0.15) is 0 Å². The third-order valence-electron chi connectivity index (χ3n) is 17.0. The van der Waals surface area contributed by atoms with E-state index in [0.717, 1.165) is 51.9 Å². The van der Waals surface area contributed by atoms with Gasteiger partial charge in [0.25, 0.3) is 0 Å². The third kappa shape index (κ3) is 65.1. The molecule has 0 aromatic carbocycles. The summed E-state index contributed by atoms with van der Waals surface area (Å²) in [6.07, 6.45) is 76.1. The third-order valence-corrected chi connectivity index (χ3v) is 17.0. The van der Waals surface area contributed by atoms with Crippen LogP contribution in [0.4, 0.5) is 0 Å². The molecule has 0 spiro atoms. The number of aliphatic carboxylic acids is 2. The van der Waals surface area contributed by atoms with E-state index in [1.807, 2.05) is 13.8 Å². The molecule has 0 aromatic heterocycles. The maximum absolute atomic E-state index is 11.5. The van der Waals surface area contributed by atoms with E-state index in [4.69, 9.17) is 0 Å². The summed E-state index contributed by atoms with van der Waals surface area (Å²) in [4.78, 5) is 27.3. The molecule has 0 heterocycles. The van der Waals surface area contributed by atoms with E-state index in [0.29, 0.717) is 0 Å². The number of carbonyl (C=O) groups excluding carboxylic acids is 2. The first kappa shape index (κ1) is 81.3. The standard InChI is InChI=1S/2C35H71NO2.Ca/c2*1-4-6-8-10-12-14-16-18-20-22-24-26-28-30-32-36(34(3)35(37)38)33-31-29-27-25-23-21-19-17-15-13-11-9-7-5-2;/h2*34H,4-33H2,1-3H3,(H,37,38);/q;;+2/p-2. The number of rotatable bonds is 64. The second kappa shape index (κ2) is 70.4. The van der Waals surface area contributed by atoms with Gasteiger partial charge in [0.2, 0.25) is 0 Å². The molecule has 6 nitrogen and oxygen atoms in total. The van der Waals surface area contributed by atoms with Gasteiger partial charge in [-0.05, 0) is 65.7 Å². The Morgan fingerprint density at radius 3 is 0.442 bits per heavy atom. The van der Waals surface area contributed by atoms with Crippen molar-refractivity contribution in [1.82, 2.24) is 9.80 Å². The molecule has 0 aromatic rings. The zero-order valence-electron chi connectivity index (χ0n) is 53.8. The molecule has 0 saturated heterocycles. The molecule has 0 N–H and O–H groups in total. The van der Waals surface area contributed by atoms with Crippen molar-refractivity contribution in [3.63, 3.8) is 0 Å². The zero-order valence-corrected chi connectivity index (χ0v) is 56.0. The van der Waals surface area contributed by atoms with Crippen LogP contribution in [0.5, 0.6) is 0 Å². The van der Waals surface area contributed by atoms with Crippen LogP contribution < -0.4 is 10.2 Å². The van der Waals surface area contributed by atoms with Gasteiger partial charge in [-0.1, -0.05) is 362 Å². The van der Waals surface area contributed by atoms with Crippen LogP contribution in [0.1, 0.15) is 401 Å². The van der Waals surface area contributed by atoms with Gasteiger partial charge in [0.15, 0.2) is 0 Å². The van der Waals surface area contributed by atoms with E-state index in [-0.39, 0.29) is 37.7 Å². The van der Waals surface area contributed by atoms with Crippen molar-refractivity contribution in [3.05, 3.63) is 0 Å². The van der Waals surface area contributed by atoms with Crippen molar-refractivity contribution in [2.75, 3.05) is 26.2 Å². The van der Waals surface area contributed by atoms with Gasteiger partial charge in [0.05, 0.1) is 11.9 Å². The zero-order chi connectivity index (χ0) is 55.9. The van der Waals surface area contributed by atoms with E-state index >= 15 is 0 Å². The number of carboxylic acid groups (broad SMARTS) is 2. The molecular weight excluding hydrogens is 973 g/mol. The summed E-state index contributed by atoms with van der Waals surface area (Å²) in [7, 11) is 0. The summed E-state index contributed by atoms with van der Waals surface area (Å²) in [5.41, 5.74) is 0. The summed E-state index contributed by atoms with van der Waals surface area (Å²) >= 11 is 0. The monoisotopic (exact) mass is 1110 g/mol. The van der Waals surface area contributed by atoms with Crippen molar-refractivity contribution < 1.29 is 19.8 Å². The Kier molecular flexibility index (Phi) is 74.4. The Morgan fingerprint density at radius 1 is 0.234 bits per heavy atom. The van der Waals surface area contributed by atoms with Crippen LogP contribution in [0.3, 0.4) is 0 Å². The maximum atomic E-state index is 11.5. The van der Waals surface area contributed by atoms with E-state index in [9.17, 15) is 19.8 Å². The fourth-order valence-corrected chi connectivity index (χ4v) is 11.3. The molecule has 0 saturated carbocycles. The molecule has 77 heavy (non-hydrogen) atoms. The number of hydrogen-bond acceptors (Lipinski definition) is 6. The molecule has 456 valence electrons. The number of hydrogen-bond donors (Lipinski definition) is 0. The van der Waals surface area contributed by atoms with E-state index in [1.54, 1.807) is 0 Å².